The molecule has 0 spiro atoms. The van der Waals surface area contributed by atoms with Crippen LogP contribution in [0, 0.1) is 17.3 Å². The van der Waals surface area contributed by atoms with Crippen LogP contribution in [-0.2, 0) is 9.47 Å². The van der Waals surface area contributed by atoms with E-state index in [4.69, 9.17) is 32.7 Å². The van der Waals surface area contributed by atoms with Crippen molar-refractivity contribution in [1.82, 2.24) is 4.90 Å². The third kappa shape index (κ3) is 4.14. The Hall–Kier alpha value is -1.17. The zero-order chi connectivity index (χ0) is 22.2. The first-order valence-corrected chi connectivity index (χ1v) is 12.4. The SMILES string of the molecule is COC1CCC2C3CC(OC(=O)N(CCCl)CCCl)c4cc(O)ccc4C3CCC12C. The van der Waals surface area contributed by atoms with Crippen molar-refractivity contribution in [3.05, 3.63) is 29.3 Å². The van der Waals surface area contributed by atoms with E-state index in [1.807, 2.05) is 13.2 Å². The molecule has 3 aliphatic rings. The Balaban J connectivity index is 1.64. The van der Waals surface area contributed by atoms with Gasteiger partial charge in [-0.15, -0.1) is 23.2 Å². The molecule has 0 bridgehead atoms. The molecule has 5 nitrogen and oxygen atoms in total. The first kappa shape index (κ1) is 23.0. The largest absolute Gasteiger partial charge is 0.508 e. The highest BCUT2D eigenvalue weighted by molar-refractivity contribution is 6.18. The van der Waals surface area contributed by atoms with Crippen LogP contribution in [0.25, 0.3) is 0 Å². The minimum Gasteiger partial charge on any atom is -0.508 e. The van der Waals surface area contributed by atoms with Gasteiger partial charge in [-0.2, -0.15) is 0 Å². The van der Waals surface area contributed by atoms with E-state index in [0.29, 0.717) is 48.7 Å². The minimum absolute atomic E-state index is 0.169. The zero-order valence-corrected chi connectivity index (χ0v) is 19.9. The third-order valence-corrected chi connectivity index (χ3v) is 8.49. The Bertz CT molecular complexity index is 800. The Labute approximate surface area is 195 Å². The minimum atomic E-state index is -0.390. The van der Waals surface area contributed by atoms with Crippen molar-refractivity contribution in [3.8, 4) is 5.75 Å². The van der Waals surface area contributed by atoms with Crippen LogP contribution in [0.5, 0.6) is 5.75 Å². The maximum atomic E-state index is 12.9. The van der Waals surface area contributed by atoms with Crippen LogP contribution in [0.1, 0.15) is 62.2 Å². The average Bonchev–Trinajstić information content (AvgIpc) is 3.10. The first-order valence-electron chi connectivity index (χ1n) is 11.4. The zero-order valence-electron chi connectivity index (χ0n) is 18.4. The van der Waals surface area contributed by atoms with Crippen molar-refractivity contribution in [2.24, 2.45) is 17.3 Å². The molecule has 0 radical (unpaired) electrons. The lowest BCUT2D eigenvalue weighted by atomic mass is 9.55. The van der Waals surface area contributed by atoms with Crippen molar-refractivity contribution < 1.29 is 19.4 Å². The molecular weight excluding hydrogens is 437 g/mol. The number of amides is 1. The number of phenolic OH excluding ortho intramolecular Hbond substituents is 1. The van der Waals surface area contributed by atoms with E-state index in [2.05, 4.69) is 6.92 Å². The van der Waals surface area contributed by atoms with Gasteiger partial charge in [0.05, 0.1) is 6.10 Å². The van der Waals surface area contributed by atoms with E-state index < -0.39 is 0 Å². The van der Waals surface area contributed by atoms with Gasteiger partial charge in [-0.1, -0.05) is 13.0 Å². The van der Waals surface area contributed by atoms with Crippen molar-refractivity contribution in [2.75, 3.05) is 32.0 Å². The van der Waals surface area contributed by atoms with E-state index in [0.717, 1.165) is 37.7 Å². The molecule has 6 atom stereocenters. The molecule has 31 heavy (non-hydrogen) atoms. The molecule has 1 N–H and O–H groups in total. The van der Waals surface area contributed by atoms with Gasteiger partial charge in [0.1, 0.15) is 11.9 Å². The van der Waals surface area contributed by atoms with Crippen LogP contribution >= 0.6 is 23.2 Å². The average molecular weight is 470 g/mol. The van der Waals surface area contributed by atoms with Crippen LogP contribution in [-0.4, -0.2) is 54.2 Å². The standard InChI is InChI=1S/C24H33Cl2NO4/c1-24-8-7-17-16-4-3-15(28)13-19(16)21(31-23(29)27(11-9-25)12-10-26)14-18(17)20(24)5-6-22(24)30-2/h3-4,13,17-18,20-22,28H,5-12,14H2,1-2H3. The van der Waals surface area contributed by atoms with Crippen LogP contribution < -0.4 is 0 Å². The van der Waals surface area contributed by atoms with Crippen LogP contribution in [0.2, 0.25) is 0 Å². The monoisotopic (exact) mass is 469 g/mol. The molecule has 7 heteroatoms. The summed E-state index contributed by atoms with van der Waals surface area (Å²) in [6, 6.07) is 5.56. The molecule has 1 aromatic rings. The van der Waals surface area contributed by atoms with Crippen molar-refractivity contribution in [3.63, 3.8) is 0 Å². The molecule has 0 aliphatic heterocycles. The van der Waals surface area contributed by atoms with E-state index in [-0.39, 0.29) is 23.4 Å². The molecule has 0 heterocycles. The number of methoxy groups -OCH3 is 1. The Kier molecular flexibility index (Phi) is 6.95. The van der Waals surface area contributed by atoms with Gasteiger partial charge in [0.25, 0.3) is 0 Å². The summed E-state index contributed by atoms with van der Waals surface area (Å²) in [6.07, 6.45) is 4.78. The van der Waals surface area contributed by atoms with Crippen molar-refractivity contribution in [1.29, 1.82) is 0 Å². The van der Waals surface area contributed by atoms with Gasteiger partial charge in [0.15, 0.2) is 0 Å². The number of rotatable bonds is 6. The number of carbonyl (C=O) groups is 1. The number of hydrogen-bond acceptors (Lipinski definition) is 4. The summed E-state index contributed by atoms with van der Waals surface area (Å²) in [5, 5.41) is 10.2. The van der Waals surface area contributed by atoms with E-state index in [1.165, 1.54) is 5.56 Å². The number of nitrogens with zero attached hydrogens (tertiary/aromatic N) is 1. The fraction of sp³-hybridized carbons (Fsp3) is 0.708. The lowest BCUT2D eigenvalue weighted by Gasteiger charge is -2.51. The number of hydrogen-bond donors (Lipinski definition) is 1. The van der Waals surface area contributed by atoms with Gasteiger partial charge >= 0.3 is 6.09 Å². The van der Waals surface area contributed by atoms with Gasteiger partial charge in [0.2, 0.25) is 0 Å². The number of halogens is 2. The highest BCUT2D eigenvalue weighted by atomic mass is 35.5. The third-order valence-electron chi connectivity index (χ3n) is 8.15. The Morgan fingerprint density at radius 3 is 2.61 bits per heavy atom. The number of carbonyl (C=O) groups excluding carboxylic acids is 1. The second kappa shape index (κ2) is 9.36. The molecule has 2 saturated carbocycles. The number of phenols is 1. The topological polar surface area (TPSA) is 59.0 Å². The highest BCUT2D eigenvalue weighted by Crippen LogP contribution is 2.63. The van der Waals surface area contributed by atoms with E-state index in [9.17, 15) is 9.90 Å². The van der Waals surface area contributed by atoms with Crippen LogP contribution in [0.4, 0.5) is 4.79 Å². The summed E-state index contributed by atoms with van der Waals surface area (Å²) in [4.78, 5) is 14.5. The normalized spacial score (nSPS) is 33.9. The molecule has 1 amide bonds. The highest BCUT2D eigenvalue weighted by Gasteiger charge is 2.56. The first-order chi connectivity index (χ1) is 14.9. The van der Waals surface area contributed by atoms with Gasteiger partial charge in [0, 0.05) is 32.0 Å². The quantitative estimate of drug-likeness (QED) is 0.544. The summed E-state index contributed by atoms with van der Waals surface area (Å²) < 4.78 is 11.9. The summed E-state index contributed by atoms with van der Waals surface area (Å²) >= 11 is 11.8. The molecule has 1 aromatic carbocycles. The molecular formula is C24H33Cl2NO4. The predicted octanol–water partition coefficient (Wildman–Crippen LogP) is 5.68. The van der Waals surface area contributed by atoms with Gasteiger partial charge in [-0.3, -0.25) is 0 Å². The number of aromatic hydroxyl groups is 1. The maximum Gasteiger partial charge on any atom is 0.410 e. The van der Waals surface area contributed by atoms with Crippen molar-refractivity contribution in [2.45, 2.75) is 57.2 Å². The van der Waals surface area contributed by atoms with Gasteiger partial charge in [-0.25, -0.2) is 4.79 Å². The number of benzene rings is 1. The lowest BCUT2D eigenvalue weighted by Crippen LogP contribution is -2.45. The number of ether oxygens (including phenoxy) is 2. The summed E-state index contributed by atoms with van der Waals surface area (Å²) in [5.74, 6) is 2.28. The van der Waals surface area contributed by atoms with Crippen molar-refractivity contribution >= 4 is 29.3 Å². The molecule has 3 aliphatic carbocycles. The molecule has 6 unspecified atom stereocenters. The summed E-state index contributed by atoms with van der Waals surface area (Å²) in [7, 11) is 1.83. The fourth-order valence-electron chi connectivity index (χ4n) is 6.70. The van der Waals surface area contributed by atoms with Gasteiger partial charge in [-0.05, 0) is 78.5 Å². The van der Waals surface area contributed by atoms with E-state index >= 15 is 0 Å². The van der Waals surface area contributed by atoms with Crippen LogP contribution in [0.15, 0.2) is 18.2 Å². The molecule has 4 rings (SSSR count). The Morgan fingerprint density at radius 1 is 1.19 bits per heavy atom. The smallest absolute Gasteiger partial charge is 0.410 e. The number of alkyl halides is 2. The van der Waals surface area contributed by atoms with Crippen LogP contribution in [0.3, 0.4) is 0 Å². The summed E-state index contributed by atoms with van der Waals surface area (Å²) in [6.45, 7) is 3.18. The fourth-order valence-corrected chi connectivity index (χ4v) is 7.11. The number of fused-ring (bicyclic) bond motifs is 5. The second-order valence-corrected chi connectivity index (χ2v) is 10.3. The van der Waals surface area contributed by atoms with E-state index in [1.54, 1.807) is 17.0 Å². The summed E-state index contributed by atoms with van der Waals surface area (Å²) in [5.41, 5.74) is 2.33. The second-order valence-electron chi connectivity index (χ2n) is 9.51. The maximum absolute atomic E-state index is 12.9. The molecule has 0 aromatic heterocycles. The molecule has 2 fully saturated rings. The lowest BCUT2D eigenvalue weighted by molar-refractivity contribution is -0.0571. The predicted molar refractivity (Wildman–Crippen MR) is 122 cm³/mol. The van der Waals surface area contributed by atoms with Gasteiger partial charge < -0.3 is 19.5 Å². The molecule has 172 valence electrons. The molecule has 0 saturated heterocycles. The Morgan fingerprint density at radius 2 is 1.94 bits per heavy atom.